The lowest BCUT2D eigenvalue weighted by molar-refractivity contribution is 0.659. The van der Waals surface area contributed by atoms with Crippen LogP contribution in [-0.4, -0.2) is 21.4 Å². The molecule has 2 aromatic rings. The van der Waals surface area contributed by atoms with Crippen molar-refractivity contribution in [2.45, 2.75) is 34.2 Å². The van der Waals surface area contributed by atoms with Gasteiger partial charge in [0.25, 0.3) is 0 Å². The first-order chi connectivity index (χ1) is 10.0. The van der Waals surface area contributed by atoms with Gasteiger partial charge in [-0.2, -0.15) is 5.10 Å². The Kier molecular flexibility index (Phi) is 4.96. The van der Waals surface area contributed by atoms with Gasteiger partial charge in [0.2, 0.25) is 0 Å². The summed E-state index contributed by atoms with van der Waals surface area (Å²) in [6, 6.07) is 8.50. The molecule has 1 aromatic heterocycles. The van der Waals surface area contributed by atoms with Crippen LogP contribution >= 0.6 is 12.2 Å². The molecular formula is C16H22N4S. The molecule has 2 N–H and O–H groups in total. The summed E-state index contributed by atoms with van der Waals surface area (Å²) >= 11 is 5.25. The van der Waals surface area contributed by atoms with Crippen molar-refractivity contribution >= 4 is 23.0 Å². The zero-order valence-corrected chi connectivity index (χ0v) is 13.8. The van der Waals surface area contributed by atoms with Crippen molar-refractivity contribution in [1.82, 2.24) is 15.1 Å². The van der Waals surface area contributed by atoms with Gasteiger partial charge in [-0.3, -0.25) is 4.68 Å². The van der Waals surface area contributed by atoms with Gasteiger partial charge in [0, 0.05) is 6.54 Å². The van der Waals surface area contributed by atoms with Crippen LogP contribution in [0.3, 0.4) is 0 Å². The fourth-order valence-electron chi connectivity index (χ4n) is 2.33. The van der Waals surface area contributed by atoms with E-state index in [-0.39, 0.29) is 0 Å². The number of hydrogen-bond acceptors (Lipinski definition) is 2. The number of benzene rings is 1. The third kappa shape index (κ3) is 3.82. The van der Waals surface area contributed by atoms with Gasteiger partial charge in [-0.05, 0) is 45.5 Å². The van der Waals surface area contributed by atoms with Crippen molar-refractivity contribution in [3.05, 3.63) is 46.8 Å². The molecule has 0 atom stereocenters. The summed E-state index contributed by atoms with van der Waals surface area (Å²) in [4.78, 5) is 0. The van der Waals surface area contributed by atoms with E-state index in [1.165, 1.54) is 11.1 Å². The van der Waals surface area contributed by atoms with Crippen LogP contribution in [0.15, 0.2) is 24.3 Å². The topological polar surface area (TPSA) is 41.9 Å². The Hall–Kier alpha value is -1.88. The van der Waals surface area contributed by atoms with Crippen LogP contribution in [0.25, 0.3) is 0 Å². The standard InChI is InChI=1S/C16H22N4S/c1-5-17-16(21)18-15-12(3)19-20(13(15)4)10-14-8-6-7-11(2)9-14/h6-9H,5,10H2,1-4H3,(H2,17,18,21). The van der Waals surface area contributed by atoms with Crippen LogP contribution in [0.5, 0.6) is 0 Å². The maximum absolute atomic E-state index is 5.25. The Morgan fingerprint density at radius 1 is 1.29 bits per heavy atom. The van der Waals surface area contributed by atoms with Crippen LogP contribution in [-0.2, 0) is 6.54 Å². The van der Waals surface area contributed by atoms with E-state index in [0.29, 0.717) is 5.11 Å². The molecule has 1 aromatic carbocycles. The van der Waals surface area contributed by atoms with Crippen LogP contribution in [0.2, 0.25) is 0 Å². The Morgan fingerprint density at radius 2 is 2.05 bits per heavy atom. The molecule has 0 amide bonds. The molecule has 0 bridgehead atoms. The summed E-state index contributed by atoms with van der Waals surface area (Å²) in [5, 5.41) is 11.6. The molecule has 0 saturated heterocycles. The maximum atomic E-state index is 5.25. The van der Waals surface area contributed by atoms with Crippen molar-refractivity contribution < 1.29 is 0 Å². The van der Waals surface area contributed by atoms with E-state index in [0.717, 1.165) is 30.2 Å². The van der Waals surface area contributed by atoms with E-state index >= 15 is 0 Å². The molecule has 0 aliphatic carbocycles. The Labute approximate surface area is 131 Å². The van der Waals surface area contributed by atoms with Crippen molar-refractivity contribution in [2.24, 2.45) is 0 Å². The number of rotatable bonds is 4. The highest BCUT2D eigenvalue weighted by atomic mass is 32.1. The summed E-state index contributed by atoms with van der Waals surface area (Å²) in [5.41, 5.74) is 5.56. The SMILES string of the molecule is CCNC(=S)Nc1c(C)nn(Cc2cccc(C)c2)c1C. The summed E-state index contributed by atoms with van der Waals surface area (Å²) in [5.74, 6) is 0. The summed E-state index contributed by atoms with van der Waals surface area (Å²) in [6.07, 6.45) is 0. The van der Waals surface area contributed by atoms with E-state index in [2.05, 4.69) is 53.8 Å². The van der Waals surface area contributed by atoms with Crippen LogP contribution in [0.4, 0.5) is 5.69 Å². The highest BCUT2D eigenvalue weighted by Crippen LogP contribution is 2.20. The van der Waals surface area contributed by atoms with E-state index < -0.39 is 0 Å². The minimum Gasteiger partial charge on any atom is -0.363 e. The van der Waals surface area contributed by atoms with Crippen molar-refractivity contribution in [1.29, 1.82) is 0 Å². The van der Waals surface area contributed by atoms with E-state index in [1.807, 2.05) is 18.5 Å². The molecule has 0 saturated carbocycles. The Morgan fingerprint density at radius 3 is 2.71 bits per heavy atom. The molecule has 1 heterocycles. The smallest absolute Gasteiger partial charge is 0.170 e. The first kappa shape index (κ1) is 15.5. The first-order valence-corrected chi connectivity index (χ1v) is 7.56. The third-order valence-corrected chi connectivity index (χ3v) is 3.62. The number of thiocarbonyl (C=S) groups is 1. The molecule has 0 unspecified atom stereocenters. The zero-order chi connectivity index (χ0) is 15.4. The monoisotopic (exact) mass is 302 g/mol. The largest absolute Gasteiger partial charge is 0.363 e. The molecular weight excluding hydrogens is 280 g/mol. The normalized spacial score (nSPS) is 10.5. The van der Waals surface area contributed by atoms with E-state index in [9.17, 15) is 0 Å². The lowest BCUT2D eigenvalue weighted by Gasteiger charge is -2.10. The highest BCUT2D eigenvalue weighted by Gasteiger charge is 2.12. The molecule has 0 fully saturated rings. The fourth-order valence-corrected chi connectivity index (χ4v) is 2.58. The number of aromatic nitrogens is 2. The van der Waals surface area contributed by atoms with Crippen LogP contribution in [0, 0.1) is 20.8 Å². The molecule has 4 nitrogen and oxygen atoms in total. The van der Waals surface area contributed by atoms with Gasteiger partial charge in [-0.15, -0.1) is 0 Å². The second kappa shape index (κ2) is 6.72. The van der Waals surface area contributed by atoms with Crippen molar-refractivity contribution in [2.75, 3.05) is 11.9 Å². The second-order valence-corrected chi connectivity index (χ2v) is 5.59. The quantitative estimate of drug-likeness (QED) is 0.851. The lowest BCUT2D eigenvalue weighted by atomic mass is 10.1. The molecule has 2 rings (SSSR count). The predicted octanol–water partition coefficient (Wildman–Crippen LogP) is 3.16. The van der Waals surface area contributed by atoms with Gasteiger partial charge >= 0.3 is 0 Å². The van der Waals surface area contributed by atoms with Gasteiger partial charge in [-0.25, -0.2) is 0 Å². The Bertz CT molecular complexity index is 646. The highest BCUT2D eigenvalue weighted by molar-refractivity contribution is 7.80. The van der Waals surface area contributed by atoms with Crippen LogP contribution < -0.4 is 10.6 Å². The molecule has 5 heteroatoms. The minimum absolute atomic E-state index is 0.638. The van der Waals surface area contributed by atoms with Crippen molar-refractivity contribution in [3.63, 3.8) is 0 Å². The lowest BCUT2D eigenvalue weighted by Crippen LogP contribution is -2.28. The Balaban J connectivity index is 2.20. The van der Waals surface area contributed by atoms with Crippen molar-refractivity contribution in [3.8, 4) is 0 Å². The first-order valence-electron chi connectivity index (χ1n) is 7.15. The maximum Gasteiger partial charge on any atom is 0.170 e. The molecule has 112 valence electrons. The van der Waals surface area contributed by atoms with Gasteiger partial charge in [-0.1, -0.05) is 29.8 Å². The number of anilines is 1. The number of aryl methyl sites for hydroxylation is 2. The second-order valence-electron chi connectivity index (χ2n) is 5.18. The average molecular weight is 302 g/mol. The average Bonchev–Trinajstić information content (AvgIpc) is 2.67. The predicted molar refractivity (Wildman–Crippen MR) is 91.9 cm³/mol. The van der Waals surface area contributed by atoms with Gasteiger partial charge in [0.05, 0.1) is 23.6 Å². The number of nitrogens with one attached hydrogen (secondary N) is 2. The molecule has 0 spiro atoms. The summed E-state index contributed by atoms with van der Waals surface area (Å²) < 4.78 is 2.01. The minimum atomic E-state index is 0.638. The van der Waals surface area contributed by atoms with Gasteiger partial charge in [0.15, 0.2) is 5.11 Å². The van der Waals surface area contributed by atoms with E-state index in [4.69, 9.17) is 12.2 Å². The number of hydrogen-bond donors (Lipinski definition) is 2. The van der Waals surface area contributed by atoms with Gasteiger partial charge < -0.3 is 10.6 Å². The zero-order valence-electron chi connectivity index (χ0n) is 13.0. The number of nitrogens with zero attached hydrogens (tertiary/aromatic N) is 2. The molecule has 0 aliphatic heterocycles. The third-order valence-electron chi connectivity index (χ3n) is 3.37. The van der Waals surface area contributed by atoms with E-state index in [1.54, 1.807) is 0 Å². The molecule has 21 heavy (non-hydrogen) atoms. The van der Waals surface area contributed by atoms with Gasteiger partial charge in [0.1, 0.15) is 0 Å². The molecule has 0 radical (unpaired) electrons. The summed E-state index contributed by atoms with van der Waals surface area (Å²) in [7, 11) is 0. The van der Waals surface area contributed by atoms with Crippen LogP contribution in [0.1, 0.15) is 29.4 Å². The fraction of sp³-hybridized carbons (Fsp3) is 0.375. The molecule has 0 aliphatic rings. The summed E-state index contributed by atoms with van der Waals surface area (Å²) in [6.45, 7) is 9.76.